The lowest BCUT2D eigenvalue weighted by Crippen LogP contribution is -2.63. The minimum absolute atomic E-state index is 0.106. The van der Waals surface area contributed by atoms with Gasteiger partial charge in [0.25, 0.3) is 5.91 Å². The van der Waals surface area contributed by atoms with Crippen LogP contribution in [0.1, 0.15) is 81.1 Å². The van der Waals surface area contributed by atoms with Gasteiger partial charge in [0.1, 0.15) is 18.1 Å². The number of carbonyl (C=O) groups is 6. The number of nitrogens with one attached hydrogen (secondary N) is 4. The zero-order chi connectivity index (χ0) is 37.3. The molecular formula is C34H53F3N6O6. The Morgan fingerprint density at radius 1 is 0.878 bits per heavy atom. The van der Waals surface area contributed by atoms with E-state index in [1.807, 2.05) is 34.6 Å². The van der Waals surface area contributed by atoms with Crippen molar-refractivity contribution in [2.75, 3.05) is 26.2 Å². The van der Waals surface area contributed by atoms with Crippen LogP contribution >= 0.6 is 0 Å². The summed E-state index contributed by atoms with van der Waals surface area (Å²) in [5.74, 6) is -4.58. The molecule has 12 nitrogen and oxygen atoms in total. The predicted octanol–water partition coefficient (Wildman–Crippen LogP) is 2.92. The first kappa shape index (κ1) is 39.8. The van der Waals surface area contributed by atoms with Crippen LogP contribution in [0.15, 0.2) is 12.7 Å². The second-order valence-electron chi connectivity index (χ2n) is 16.2. The summed E-state index contributed by atoms with van der Waals surface area (Å²) >= 11 is 0. The Morgan fingerprint density at radius 2 is 1.41 bits per heavy atom. The van der Waals surface area contributed by atoms with E-state index in [0.717, 1.165) is 12.8 Å². The first-order valence-electron chi connectivity index (χ1n) is 16.9. The van der Waals surface area contributed by atoms with Gasteiger partial charge in [0.05, 0.1) is 6.04 Å². The molecule has 1 saturated carbocycles. The Bertz CT molecular complexity index is 1310. The third-order valence-electron chi connectivity index (χ3n) is 9.93. The van der Waals surface area contributed by atoms with Gasteiger partial charge in [0.2, 0.25) is 23.5 Å². The smallest absolute Gasteiger partial charge is 0.346 e. The van der Waals surface area contributed by atoms with E-state index in [4.69, 9.17) is 0 Å². The van der Waals surface area contributed by atoms with Gasteiger partial charge >= 0.3 is 12.2 Å². The summed E-state index contributed by atoms with van der Waals surface area (Å²) in [6.45, 7) is 19.2. The molecule has 1 aliphatic carbocycles. The second-order valence-corrected chi connectivity index (χ2v) is 16.2. The van der Waals surface area contributed by atoms with Crippen molar-refractivity contribution in [3.8, 4) is 0 Å². The molecule has 3 aliphatic rings. The normalized spacial score (nSPS) is 23.4. The van der Waals surface area contributed by atoms with Crippen molar-refractivity contribution in [2.24, 2.45) is 28.1 Å². The summed E-state index contributed by atoms with van der Waals surface area (Å²) in [5, 5.41) is 10.1. The van der Waals surface area contributed by atoms with Gasteiger partial charge in [0, 0.05) is 32.6 Å². The minimum Gasteiger partial charge on any atom is -0.346 e. The zero-order valence-electron chi connectivity index (χ0n) is 29.9. The summed E-state index contributed by atoms with van der Waals surface area (Å²) in [5.41, 5.74) is -1.90. The van der Waals surface area contributed by atoms with Crippen LogP contribution in [0.4, 0.5) is 18.0 Å². The maximum Gasteiger partial charge on any atom is 0.389 e. The molecule has 276 valence electrons. The van der Waals surface area contributed by atoms with Crippen LogP contribution in [-0.4, -0.2) is 102 Å². The van der Waals surface area contributed by atoms with E-state index in [0.29, 0.717) is 13.1 Å². The Balaban J connectivity index is 1.86. The Labute approximate surface area is 286 Å². The molecule has 1 unspecified atom stereocenters. The average Bonchev–Trinajstić information content (AvgIpc) is 3.42. The van der Waals surface area contributed by atoms with Crippen LogP contribution in [0.5, 0.6) is 0 Å². The predicted molar refractivity (Wildman–Crippen MR) is 176 cm³/mol. The number of fused-ring (bicyclic) bond motifs is 1. The summed E-state index contributed by atoms with van der Waals surface area (Å²) in [7, 11) is 0. The highest BCUT2D eigenvalue weighted by molar-refractivity contribution is 6.38. The van der Waals surface area contributed by atoms with Gasteiger partial charge in [-0.05, 0) is 47.3 Å². The van der Waals surface area contributed by atoms with Crippen LogP contribution in [0.25, 0.3) is 0 Å². The molecule has 3 rings (SSSR count). The van der Waals surface area contributed by atoms with Gasteiger partial charge in [-0.2, -0.15) is 13.2 Å². The molecule has 0 radical (unpaired) electrons. The first-order chi connectivity index (χ1) is 22.4. The Morgan fingerprint density at radius 3 is 1.90 bits per heavy atom. The highest BCUT2D eigenvalue weighted by Gasteiger charge is 2.70. The van der Waals surface area contributed by atoms with Gasteiger partial charge in [0.15, 0.2) is 0 Å². The molecule has 6 atom stereocenters. The van der Waals surface area contributed by atoms with Crippen LogP contribution < -0.4 is 21.3 Å². The third kappa shape index (κ3) is 9.53. The molecule has 15 heteroatoms. The van der Waals surface area contributed by atoms with E-state index < -0.39 is 83.6 Å². The van der Waals surface area contributed by atoms with Crippen LogP contribution in [-0.2, 0) is 24.0 Å². The fourth-order valence-electron chi connectivity index (χ4n) is 6.94. The highest BCUT2D eigenvalue weighted by Crippen LogP contribution is 2.65. The summed E-state index contributed by atoms with van der Waals surface area (Å²) in [6, 6.07) is -5.75. The van der Waals surface area contributed by atoms with Gasteiger partial charge in [-0.3, -0.25) is 24.0 Å². The number of amides is 6. The summed E-state index contributed by atoms with van der Waals surface area (Å²) < 4.78 is 39.5. The second kappa shape index (κ2) is 14.7. The molecule has 0 aromatic heterocycles. The zero-order valence-corrected chi connectivity index (χ0v) is 29.9. The van der Waals surface area contributed by atoms with E-state index in [9.17, 15) is 41.9 Å². The fourth-order valence-corrected chi connectivity index (χ4v) is 6.94. The van der Waals surface area contributed by atoms with E-state index in [1.165, 1.54) is 11.0 Å². The third-order valence-corrected chi connectivity index (χ3v) is 9.93. The number of piperidine rings is 1. The number of ketones is 1. The first-order valence-corrected chi connectivity index (χ1v) is 16.9. The molecule has 2 saturated heterocycles. The number of hydrogen-bond donors (Lipinski definition) is 4. The molecule has 0 spiro atoms. The van der Waals surface area contributed by atoms with Gasteiger partial charge in [-0.1, -0.05) is 61.5 Å². The molecule has 2 heterocycles. The number of carbonyl (C=O) groups excluding carboxylic acids is 6. The molecule has 2 aliphatic heterocycles. The van der Waals surface area contributed by atoms with Gasteiger partial charge < -0.3 is 31.1 Å². The average molecular weight is 699 g/mol. The molecule has 0 bridgehead atoms. The van der Waals surface area contributed by atoms with Crippen molar-refractivity contribution in [1.29, 1.82) is 0 Å². The van der Waals surface area contributed by atoms with E-state index >= 15 is 0 Å². The van der Waals surface area contributed by atoms with Crippen molar-refractivity contribution in [3.05, 3.63) is 12.7 Å². The highest BCUT2D eigenvalue weighted by atomic mass is 19.4. The minimum atomic E-state index is -4.66. The molecular weight excluding hydrogens is 645 g/mol. The lowest BCUT2D eigenvalue weighted by molar-refractivity contribution is -0.148. The SMILES string of the molecule is C=CCNC(=O)C(=O)C(CCC(F)(F)F)NC(=O)[C@@H]1[C@@H]2[C@H](CN1C(=O)[C@@H](NC(=O)N[C@H](C(=O)N1CCCC1)C(C)(C)C)C(C)(C)C)C2(C)C. The number of hydrogen-bond acceptors (Lipinski definition) is 6. The molecule has 0 aromatic carbocycles. The molecule has 3 fully saturated rings. The van der Waals surface area contributed by atoms with Crippen LogP contribution in [0, 0.1) is 28.1 Å². The number of alkyl halides is 3. The van der Waals surface area contributed by atoms with Crippen molar-refractivity contribution in [3.63, 3.8) is 0 Å². The van der Waals surface area contributed by atoms with Crippen LogP contribution in [0.2, 0.25) is 0 Å². The fraction of sp³-hybridized carbons (Fsp3) is 0.765. The monoisotopic (exact) mass is 698 g/mol. The molecule has 6 amide bonds. The van der Waals surface area contributed by atoms with Gasteiger partial charge in [-0.25, -0.2) is 4.79 Å². The summed E-state index contributed by atoms with van der Waals surface area (Å²) in [6.07, 6.45) is -3.91. The molecule has 49 heavy (non-hydrogen) atoms. The Hall–Kier alpha value is -3.65. The summed E-state index contributed by atoms with van der Waals surface area (Å²) in [4.78, 5) is 83.3. The van der Waals surface area contributed by atoms with E-state index in [1.54, 1.807) is 25.7 Å². The largest absolute Gasteiger partial charge is 0.389 e. The lowest BCUT2D eigenvalue weighted by atomic mass is 9.84. The topological polar surface area (TPSA) is 157 Å². The van der Waals surface area contributed by atoms with E-state index in [-0.39, 0.29) is 36.2 Å². The maximum atomic E-state index is 14.3. The number of nitrogens with zero attached hydrogens (tertiary/aromatic N) is 2. The van der Waals surface area contributed by atoms with Crippen molar-refractivity contribution < 1.29 is 41.9 Å². The Kier molecular flexibility index (Phi) is 11.9. The number of Topliss-reactive ketones (excluding diaryl/α,β-unsaturated/α-hetero) is 1. The van der Waals surface area contributed by atoms with Crippen molar-refractivity contribution in [2.45, 2.75) is 111 Å². The molecule has 4 N–H and O–H groups in total. The number of urea groups is 1. The van der Waals surface area contributed by atoms with Gasteiger partial charge in [-0.15, -0.1) is 6.58 Å². The number of rotatable bonds is 12. The van der Waals surface area contributed by atoms with Crippen molar-refractivity contribution in [1.82, 2.24) is 31.1 Å². The van der Waals surface area contributed by atoms with E-state index in [2.05, 4.69) is 27.8 Å². The maximum absolute atomic E-state index is 14.3. The quantitative estimate of drug-likeness (QED) is 0.182. The van der Waals surface area contributed by atoms with Crippen LogP contribution in [0.3, 0.4) is 0 Å². The standard InChI is InChI=1S/C34H53F3N6O6/c1-10-15-38-27(46)23(44)20(13-14-34(35,36)37)39-26(45)22-21-19(33(21,8)9)18-43(22)29(48)25(32(5,6)7)41-30(49)40-24(31(2,3)4)28(47)42-16-11-12-17-42/h10,19-22,24-25H,1,11-18H2,2-9H3,(H,38,46)(H,39,45)(H2,40,41,49)/t19-,20?,21-,22-,24+,25+/m0/s1. The lowest BCUT2D eigenvalue weighted by Gasteiger charge is -2.39. The van der Waals surface area contributed by atoms with Crippen molar-refractivity contribution >= 4 is 35.4 Å². The number of likely N-dealkylation sites (tertiary alicyclic amines) is 2. The number of halogens is 3. The molecule has 0 aromatic rings.